The van der Waals surface area contributed by atoms with Gasteiger partial charge in [-0.15, -0.1) is 11.3 Å². The van der Waals surface area contributed by atoms with E-state index < -0.39 is 5.97 Å². The van der Waals surface area contributed by atoms with E-state index in [2.05, 4.69) is 15.2 Å². The second-order valence-corrected chi connectivity index (χ2v) is 4.27. The third-order valence-electron chi connectivity index (χ3n) is 1.84. The molecule has 15 heavy (non-hydrogen) atoms. The Labute approximate surface area is 92.7 Å². The van der Waals surface area contributed by atoms with Crippen molar-refractivity contribution in [1.29, 1.82) is 0 Å². The Balaban J connectivity index is 2.37. The lowest BCUT2D eigenvalue weighted by Gasteiger charge is -2.09. The van der Waals surface area contributed by atoms with Crippen molar-refractivity contribution in [3.63, 3.8) is 0 Å². The maximum atomic E-state index is 10.7. The lowest BCUT2D eigenvalue weighted by Crippen LogP contribution is -2.16. The third kappa shape index (κ3) is 3.85. The number of nitrogens with zero attached hydrogens (tertiary/aromatic N) is 2. The van der Waals surface area contributed by atoms with Crippen molar-refractivity contribution in [3.8, 4) is 0 Å². The topological polar surface area (TPSA) is 65.5 Å². The number of carbonyl (C=O) groups is 1. The summed E-state index contributed by atoms with van der Waals surface area (Å²) in [5.41, 5.74) is 1.66. The van der Waals surface area contributed by atoms with Crippen molar-refractivity contribution in [3.05, 3.63) is 11.2 Å². The molecule has 0 amide bonds. The van der Waals surface area contributed by atoms with Crippen LogP contribution in [-0.2, 0) is 0 Å². The van der Waals surface area contributed by atoms with Crippen LogP contribution in [0, 0.1) is 0 Å². The van der Waals surface area contributed by atoms with Gasteiger partial charge in [-0.3, -0.25) is 0 Å². The van der Waals surface area contributed by atoms with Gasteiger partial charge in [0, 0.05) is 6.54 Å². The molecule has 0 aliphatic rings. The molecule has 1 aromatic rings. The van der Waals surface area contributed by atoms with E-state index in [1.54, 1.807) is 0 Å². The number of hydrogen-bond donors (Lipinski definition) is 2. The van der Waals surface area contributed by atoms with Gasteiger partial charge in [-0.25, -0.2) is 9.78 Å². The van der Waals surface area contributed by atoms with E-state index in [1.165, 1.54) is 16.8 Å². The third-order valence-corrected chi connectivity index (χ3v) is 2.62. The monoisotopic (exact) mass is 229 g/mol. The highest BCUT2D eigenvalue weighted by atomic mass is 32.1. The number of aromatic carboxylic acids is 1. The minimum atomic E-state index is -0.980. The maximum Gasteiger partial charge on any atom is 0.357 e. The normalized spacial score (nSPS) is 10.6. The average molecular weight is 229 g/mol. The fourth-order valence-electron chi connectivity index (χ4n) is 1.12. The first kappa shape index (κ1) is 11.9. The average Bonchev–Trinajstić information content (AvgIpc) is 2.60. The molecule has 1 rings (SSSR count). The van der Waals surface area contributed by atoms with Crippen LogP contribution >= 0.6 is 11.3 Å². The molecule has 84 valence electrons. The number of carboxylic acid groups (broad SMARTS) is 1. The van der Waals surface area contributed by atoms with Gasteiger partial charge in [0.1, 0.15) is 5.00 Å². The standard InChI is InChI=1S/C9H15N3O2S/c1-12(2)5-3-4-10-8-7(9(13)14)11-6-15-8/h6,10H,3-5H2,1-2H3,(H,13,14). The molecule has 0 atom stereocenters. The predicted octanol–water partition coefficient (Wildman–Crippen LogP) is 1.20. The van der Waals surface area contributed by atoms with Crippen LogP contribution in [0.4, 0.5) is 5.00 Å². The van der Waals surface area contributed by atoms with E-state index in [4.69, 9.17) is 5.11 Å². The summed E-state index contributed by atoms with van der Waals surface area (Å²) in [4.78, 5) is 16.6. The van der Waals surface area contributed by atoms with Crippen LogP contribution in [0.3, 0.4) is 0 Å². The molecule has 5 nitrogen and oxygen atoms in total. The summed E-state index contributed by atoms with van der Waals surface area (Å²) >= 11 is 1.32. The van der Waals surface area contributed by atoms with Crippen LogP contribution in [0.2, 0.25) is 0 Å². The summed E-state index contributed by atoms with van der Waals surface area (Å²) in [5, 5.41) is 12.5. The number of thiazole rings is 1. The van der Waals surface area contributed by atoms with E-state index in [0.29, 0.717) is 5.00 Å². The second kappa shape index (κ2) is 5.67. The molecule has 2 N–H and O–H groups in total. The lowest BCUT2D eigenvalue weighted by atomic mass is 10.4. The molecule has 6 heteroatoms. The molecule has 0 fully saturated rings. The summed E-state index contributed by atoms with van der Waals surface area (Å²) in [6, 6.07) is 0. The van der Waals surface area contributed by atoms with Crippen LogP contribution in [0.25, 0.3) is 0 Å². The molecular weight excluding hydrogens is 214 g/mol. The SMILES string of the molecule is CN(C)CCCNc1scnc1C(=O)O. The zero-order valence-corrected chi connectivity index (χ0v) is 9.67. The number of rotatable bonds is 6. The predicted molar refractivity (Wildman–Crippen MR) is 60.7 cm³/mol. The van der Waals surface area contributed by atoms with Crippen LogP contribution < -0.4 is 5.32 Å². The van der Waals surface area contributed by atoms with E-state index in [9.17, 15) is 4.79 Å². The minimum Gasteiger partial charge on any atom is -0.476 e. The van der Waals surface area contributed by atoms with E-state index in [0.717, 1.165) is 19.5 Å². The van der Waals surface area contributed by atoms with E-state index in [1.807, 2.05) is 14.1 Å². The fourth-order valence-corrected chi connectivity index (χ4v) is 1.82. The van der Waals surface area contributed by atoms with Gasteiger partial charge in [-0.2, -0.15) is 0 Å². The Kier molecular flexibility index (Phi) is 4.51. The molecule has 0 spiro atoms. The Morgan fingerprint density at radius 2 is 2.40 bits per heavy atom. The highest BCUT2D eigenvalue weighted by molar-refractivity contribution is 7.14. The molecule has 0 aromatic carbocycles. The van der Waals surface area contributed by atoms with Crippen molar-refractivity contribution in [2.45, 2.75) is 6.42 Å². The number of nitrogens with one attached hydrogen (secondary N) is 1. The molecule has 0 bridgehead atoms. The lowest BCUT2D eigenvalue weighted by molar-refractivity contribution is 0.0692. The quantitative estimate of drug-likeness (QED) is 0.718. The molecule has 1 heterocycles. The number of carboxylic acids is 1. The van der Waals surface area contributed by atoms with Crippen molar-refractivity contribution in [2.75, 3.05) is 32.5 Å². The van der Waals surface area contributed by atoms with Gasteiger partial charge >= 0.3 is 5.97 Å². The molecule has 0 unspecified atom stereocenters. The molecule has 0 radical (unpaired) electrons. The first-order valence-corrected chi connectivity index (χ1v) is 5.54. The zero-order chi connectivity index (χ0) is 11.3. The van der Waals surface area contributed by atoms with Gasteiger partial charge in [0.25, 0.3) is 0 Å². The van der Waals surface area contributed by atoms with Gasteiger partial charge < -0.3 is 15.3 Å². The number of anilines is 1. The molecule has 0 aliphatic carbocycles. The molecule has 0 aliphatic heterocycles. The first-order chi connectivity index (χ1) is 7.11. The van der Waals surface area contributed by atoms with Gasteiger partial charge in [0.05, 0.1) is 5.51 Å². The summed E-state index contributed by atoms with van der Waals surface area (Å²) < 4.78 is 0. The summed E-state index contributed by atoms with van der Waals surface area (Å²) in [6.45, 7) is 1.74. The summed E-state index contributed by atoms with van der Waals surface area (Å²) in [7, 11) is 4.02. The highest BCUT2D eigenvalue weighted by Gasteiger charge is 2.12. The van der Waals surface area contributed by atoms with E-state index in [-0.39, 0.29) is 5.69 Å². The number of hydrogen-bond acceptors (Lipinski definition) is 5. The molecule has 1 aromatic heterocycles. The van der Waals surface area contributed by atoms with Crippen molar-refractivity contribution < 1.29 is 9.90 Å². The Morgan fingerprint density at radius 1 is 1.67 bits per heavy atom. The first-order valence-electron chi connectivity index (χ1n) is 4.66. The van der Waals surface area contributed by atoms with Gasteiger partial charge in [-0.05, 0) is 27.1 Å². The second-order valence-electron chi connectivity index (χ2n) is 3.42. The Morgan fingerprint density at radius 3 is 3.00 bits per heavy atom. The summed E-state index contributed by atoms with van der Waals surface area (Å²) in [6.07, 6.45) is 0.976. The Bertz CT molecular complexity index is 325. The minimum absolute atomic E-state index is 0.116. The summed E-state index contributed by atoms with van der Waals surface area (Å²) in [5.74, 6) is -0.980. The van der Waals surface area contributed by atoms with E-state index >= 15 is 0 Å². The van der Waals surface area contributed by atoms with Crippen molar-refractivity contribution in [2.24, 2.45) is 0 Å². The largest absolute Gasteiger partial charge is 0.476 e. The fraction of sp³-hybridized carbons (Fsp3) is 0.556. The number of aromatic nitrogens is 1. The smallest absolute Gasteiger partial charge is 0.357 e. The molecule has 0 saturated heterocycles. The highest BCUT2D eigenvalue weighted by Crippen LogP contribution is 2.19. The molecule has 0 saturated carbocycles. The Hall–Kier alpha value is -1.14. The van der Waals surface area contributed by atoms with Crippen molar-refractivity contribution >= 4 is 22.3 Å². The van der Waals surface area contributed by atoms with Crippen LogP contribution in [-0.4, -0.2) is 48.1 Å². The van der Waals surface area contributed by atoms with Crippen LogP contribution in [0.1, 0.15) is 16.9 Å². The maximum absolute atomic E-state index is 10.7. The zero-order valence-electron chi connectivity index (χ0n) is 8.86. The van der Waals surface area contributed by atoms with Gasteiger partial charge in [0.2, 0.25) is 0 Å². The van der Waals surface area contributed by atoms with Gasteiger partial charge in [0.15, 0.2) is 5.69 Å². The van der Waals surface area contributed by atoms with Gasteiger partial charge in [-0.1, -0.05) is 0 Å². The van der Waals surface area contributed by atoms with Crippen LogP contribution in [0.15, 0.2) is 5.51 Å². The van der Waals surface area contributed by atoms with Crippen molar-refractivity contribution in [1.82, 2.24) is 9.88 Å². The van der Waals surface area contributed by atoms with Crippen LogP contribution in [0.5, 0.6) is 0 Å². The molecular formula is C9H15N3O2S.